The summed E-state index contributed by atoms with van der Waals surface area (Å²) in [6.45, 7) is 4.87. The van der Waals surface area contributed by atoms with Gasteiger partial charge in [0.15, 0.2) is 0 Å². The van der Waals surface area contributed by atoms with E-state index in [2.05, 4.69) is 41.2 Å². The molecule has 92 valence electrons. The number of anilines is 1. The molecule has 0 aliphatic carbocycles. The van der Waals surface area contributed by atoms with Crippen molar-refractivity contribution in [2.24, 2.45) is 5.92 Å². The Hall–Kier alpha value is -1.05. The van der Waals surface area contributed by atoms with Gasteiger partial charge in [0.05, 0.1) is 23.9 Å². The maximum absolute atomic E-state index is 9.13. The van der Waals surface area contributed by atoms with Gasteiger partial charge in [-0.1, -0.05) is 19.9 Å². The highest BCUT2D eigenvalue weighted by Crippen LogP contribution is 2.25. The molecule has 0 aliphatic rings. The van der Waals surface area contributed by atoms with Gasteiger partial charge in [-0.3, -0.25) is 0 Å². The van der Waals surface area contributed by atoms with E-state index in [4.69, 9.17) is 10.00 Å². The lowest BCUT2D eigenvalue weighted by Crippen LogP contribution is -2.30. The fourth-order valence-electron chi connectivity index (χ4n) is 1.54. The molecule has 0 radical (unpaired) electrons. The second kappa shape index (κ2) is 6.63. The molecule has 0 heterocycles. The monoisotopic (exact) mass is 296 g/mol. The molecule has 1 unspecified atom stereocenters. The molecule has 0 aromatic heterocycles. The molecule has 1 aromatic carbocycles. The van der Waals surface area contributed by atoms with Crippen LogP contribution in [0.4, 0.5) is 5.69 Å². The lowest BCUT2D eigenvalue weighted by Gasteiger charge is -2.23. The number of hydrogen-bond donors (Lipinski definition) is 1. The molecular weight excluding hydrogens is 280 g/mol. The number of nitriles is 1. The summed E-state index contributed by atoms with van der Waals surface area (Å²) in [5.74, 6) is 0.431. The first kappa shape index (κ1) is 14.0. The molecule has 0 aliphatic heterocycles. The summed E-state index contributed by atoms with van der Waals surface area (Å²) in [7, 11) is 1.68. The standard InChI is InChI=1S/C13H17BrN2O/c1-9(2)13(8-17-3)16-12-6-4-5-11(14)10(12)7-15/h4-6,9,13,16H,8H2,1-3H3. The molecule has 1 aromatic rings. The molecule has 3 nitrogen and oxygen atoms in total. The third-order valence-electron chi connectivity index (χ3n) is 2.62. The molecular formula is C13H17BrN2O. The van der Waals surface area contributed by atoms with Gasteiger partial charge in [-0.05, 0) is 34.0 Å². The predicted octanol–water partition coefficient (Wildman–Crippen LogP) is 3.40. The third kappa shape index (κ3) is 3.72. The van der Waals surface area contributed by atoms with Gasteiger partial charge in [0.25, 0.3) is 0 Å². The Bertz CT molecular complexity index is 412. The fourth-order valence-corrected chi connectivity index (χ4v) is 1.99. The Labute approximate surface area is 111 Å². The summed E-state index contributed by atoms with van der Waals surface area (Å²) < 4.78 is 5.99. The van der Waals surface area contributed by atoms with Gasteiger partial charge in [0.1, 0.15) is 6.07 Å². The van der Waals surface area contributed by atoms with E-state index >= 15 is 0 Å². The minimum absolute atomic E-state index is 0.196. The number of nitrogens with zero attached hydrogens (tertiary/aromatic N) is 1. The van der Waals surface area contributed by atoms with Crippen molar-refractivity contribution in [3.8, 4) is 6.07 Å². The van der Waals surface area contributed by atoms with Crippen LogP contribution in [0.3, 0.4) is 0 Å². The van der Waals surface area contributed by atoms with Crippen molar-refractivity contribution >= 4 is 21.6 Å². The number of benzene rings is 1. The molecule has 4 heteroatoms. The van der Waals surface area contributed by atoms with E-state index in [-0.39, 0.29) is 6.04 Å². The average molecular weight is 297 g/mol. The number of ether oxygens (including phenoxy) is 1. The summed E-state index contributed by atoms with van der Waals surface area (Å²) in [6.07, 6.45) is 0. The van der Waals surface area contributed by atoms with Gasteiger partial charge >= 0.3 is 0 Å². The van der Waals surface area contributed by atoms with E-state index in [9.17, 15) is 0 Å². The molecule has 0 saturated carbocycles. The zero-order chi connectivity index (χ0) is 12.8. The fraction of sp³-hybridized carbons (Fsp3) is 0.462. The number of hydrogen-bond acceptors (Lipinski definition) is 3. The molecule has 1 atom stereocenters. The molecule has 0 bridgehead atoms. The number of methoxy groups -OCH3 is 1. The first-order chi connectivity index (χ1) is 8.10. The highest BCUT2D eigenvalue weighted by molar-refractivity contribution is 9.10. The van der Waals surface area contributed by atoms with Crippen molar-refractivity contribution in [1.82, 2.24) is 0 Å². The van der Waals surface area contributed by atoms with E-state index in [1.54, 1.807) is 7.11 Å². The van der Waals surface area contributed by atoms with Crippen LogP contribution in [0.15, 0.2) is 22.7 Å². The minimum Gasteiger partial charge on any atom is -0.383 e. The summed E-state index contributed by atoms with van der Waals surface area (Å²) in [4.78, 5) is 0. The van der Waals surface area contributed by atoms with Crippen LogP contribution in [0.2, 0.25) is 0 Å². The van der Waals surface area contributed by atoms with Crippen LogP contribution in [0.25, 0.3) is 0 Å². The first-order valence-corrected chi connectivity index (χ1v) is 6.33. The maximum atomic E-state index is 9.13. The van der Waals surface area contributed by atoms with E-state index in [1.165, 1.54) is 0 Å². The van der Waals surface area contributed by atoms with Crippen LogP contribution in [0.5, 0.6) is 0 Å². The Morgan fingerprint density at radius 2 is 2.18 bits per heavy atom. The van der Waals surface area contributed by atoms with Crippen molar-refractivity contribution in [1.29, 1.82) is 5.26 Å². The SMILES string of the molecule is COCC(Nc1cccc(Br)c1C#N)C(C)C. The Morgan fingerprint density at radius 1 is 1.47 bits per heavy atom. The van der Waals surface area contributed by atoms with Crippen molar-refractivity contribution in [2.75, 3.05) is 19.0 Å². The van der Waals surface area contributed by atoms with Crippen molar-refractivity contribution in [3.63, 3.8) is 0 Å². The third-order valence-corrected chi connectivity index (χ3v) is 3.28. The van der Waals surface area contributed by atoms with Gasteiger partial charge < -0.3 is 10.1 Å². The van der Waals surface area contributed by atoms with Crippen LogP contribution < -0.4 is 5.32 Å². The molecule has 0 saturated heterocycles. The largest absolute Gasteiger partial charge is 0.383 e. The summed E-state index contributed by atoms with van der Waals surface area (Å²) in [5, 5.41) is 12.5. The second-order valence-corrected chi connectivity index (χ2v) is 5.08. The molecule has 1 rings (SSSR count). The van der Waals surface area contributed by atoms with E-state index < -0.39 is 0 Å². The van der Waals surface area contributed by atoms with Crippen LogP contribution >= 0.6 is 15.9 Å². The summed E-state index contributed by atoms with van der Waals surface area (Å²) >= 11 is 3.38. The van der Waals surface area contributed by atoms with Crippen LogP contribution in [0, 0.1) is 17.2 Å². The molecule has 0 fully saturated rings. The maximum Gasteiger partial charge on any atom is 0.103 e. The normalized spacial score (nSPS) is 12.2. The van der Waals surface area contributed by atoms with Crippen LogP contribution in [-0.2, 0) is 4.74 Å². The van der Waals surface area contributed by atoms with Crippen molar-refractivity contribution in [2.45, 2.75) is 19.9 Å². The van der Waals surface area contributed by atoms with E-state index in [0.717, 1.165) is 10.2 Å². The molecule has 0 spiro atoms. The van der Waals surface area contributed by atoms with Gasteiger partial charge in [0, 0.05) is 11.6 Å². The number of rotatable bonds is 5. The highest BCUT2D eigenvalue weighted by Gasteiger charge is 2.15. The van der Waals surface area contributed by atoms with Gasteiger partial charge in [0.2, 0.25) is 0 Å². The molecule has 0 amide bonds. The Balaban J connectivity index is 2.94. The quantitative estimate of drug-likeness (QED) is 0.906. The first-order valence-electron chi connectivity index (χ1n) is 5.54. The minimum atomic E-state index is 0.196. The summed E-state index contributed by atoms with van der Waals surface area (Å²) in [6, 6.07) is 8.09. The van der Waals surface area contributed by atoms with Crippen molar-refractivity contribution < 1.29 is 4.74 Å². The lowest BCUT2D eigenvalue weighted by atomic mass is 10.0. The van der Waals surface area contributed by atoms with Gasteiger partial charge in [-0.25, -0.2) is 0 Å². The lowest BCUT2D eigenvalue weighted by molar-refractivity contribution is 0.171. The highest BCUT2D eigenvalue weighted by atomic mass is 79.9. The summed E-state index contributed by atoms with van der Waals surface area (Å²) in [5.41, 5.74) is 1.48. The zero-order valence-corrected chi connectivity index (χ0v) is 11.9. The van der Waals surface area contributed by atoms with E-state index in [1.807, 2.05) is 18.2 Å². The Morgan fingerprint density at radius 3 is 2.71 bits per heavy atom. The van der Waals surface area contributed by atoms with Crippen LogP contribution in [0.1, 0.15) is 19.4 Å². The van der Waals surface area contributed by atoms with Gasteiger partial charge in [-0.2, -0.15) is 5.26 Å². The molecule has 17 heavy (non-hydrogen) atoms. The van der Waals surface area contributed by atoms with E-state index in [0.29, 0.717) is 18.1 Å². The smallest absolute Gasteiger partial charge is 0.103 e. The Kier molecular flexibility index (Phi) is 5.46. The predicted molar refractivity (Wildman–Crippen MR) is 73.0 cm³/mol. The second-order valence-electron chi connectivity index (χ2n) is 4.22. The number of nitrogens with one attached hydrogen (secondary N) is 1. The van der Waals surface area contributed by atoms with Gasteiger partial charge in [-0.15, -0.1) is 0 Å². The topological polar surface area (TPSA) is 45.0 Å². The zero-order valence-electron chi connectivity index (χ0n) is 10.3. The molecule has 1 N–H and O–H groups in total. The number of halogens is 1. The van der Waals surface area contributed by atoms with Crippen LogP contribution in [-0.4, -0.2) is 19.8 Å². The van der Waals surface area contributed by atoms with Crippen molar-refractivity contribution in [3.05, 3.63) is 28.2 Å². The average Bonchev–Trinajstić information content (AvgIpc) is 2.28.